The van der Waals surface area contributed by atoms with Gasteiger partial charge < -0.3 is 10.8 Å². The topological polar surface area (TPSA) is 46.2 Å². The van der Waals surface area contributed by atoms with E-state index in [1.807, 2.05) is 13.0 Å². The van der Waals surface area contributed by atoms with Crippen LogP contribution in [-0.4, -0.2) is 11.7 Å². The van der Waals surface area contributed by atoms with E-state index in [2.05, 4.69) is 0 Å². The normalized spacial score (nSPS) is 14.0. The zero-order chi connectivity index (χ0) is 15.6. The lowest BCUT2D eigenvalue weighted by atomic mass is 9.87. The Morgan fingerprint density at radius 1 is 1.10 bits per heavy atom. The smallest absolute Gasteiger partial charge is 0.0874 e. The molecule has 112 valence electrons. The predicted octanol–water partition coefficient (Wildman–Crippen LogP) is 4.73. The molecule has 2 nitrogen and oxygen atoms in total. The maximum absolute atomic E-state index is 10.7. The van der Waals surface area contributed by atoms with Crippen molar-refractivity contribution in [3.8, 4) is 0 Å². The van der Waals surface area contributed by atoms with Gasteiger partial charge in [0.1, 0.15) is 0 Å². The monoisotopic (exact) mass is 343 g/mol. The van der Waals surface area contributed by atoms with Crippen LogP contribution in [0.4, 0.5) is 0 Å². The first kappa shape index (κ1) is 16.6. The predicted molar refractivity (Wildman–Crippen MR) is 89.4 cm³/mol. The van der Waals surface area contributed by atoms with E-state index in [0.717, 1.165) is 11.1 Å². The third-order valence-corrected chi connectivity index (χ3v) is 4.45. The molecule has 5 heteroatoms. The largest absolute Gasteiger partial charge is 0.388 e. The highest BCUT2D eigenvalue weighted by Crippen LogP contribution is 2.39. The minimum absolute atomic E-state index is 0.229. The third-order valence-electron chi connectivity index (χ3n) is 3.56. The highest BCUT2D eigenvalue weighted by atomic mass is 35.5. The number of aliphatic hydroxyl groups is 1. The van der Waals surface area contributed by atoms with Crippen molar-refractivity contribution in [2.75, 3.05) is 6.54 Å². The summed E-state index contributed by atoms with van der Waals surface area (Å²) in [6, 6.07) is 10.6. The minimum atomic E-state index is -0.801. The van der Waals surface area contributed by atoms with Crippen LogP contribution in [0.25, 0.3) is 0 Å². The molecule has 2 aromatic rings. The molecule has 0 aliphatic heterocycles. The maximum atomic E-state index is 10.7. The fraction of sp³-hybridized carbons (Fsp3) is 0.250. The second-order valence-corrected chi connectivity index (χ2v) is 6.17. The van der Waals surface area contributed by atoms with Crippen molar-refractivity contribution in [1.29, 1.82) is 0 Å². The van der Waals surface area contributed by atoms with E-state index >= 15 is 0 Å². The van der Waals surface area contributed by atoms with Crippen molar-refractivity contribution < 1.29 is 5.11 Å². The Morgan fingerprint density at radius 3 is 2.24 bits per heavy atom. The van der Waals surface area contributed by atoms with Crippen molar-refractivity contribution in [2.45, 2.75) is 18.9 Å². The quantitative estimate of drug-likeness (QED) is 0.842. The van der Waals surface area contributed by atoms with Crippen LogP contribution >= 0.6 is 34.8 Å². The van der Waals surface area contributed by atoms with Crippen molar-refractivity contribution in [3.05, 3.63) is 68.2 Å². The summed E-state index contributed by atoms with van der Waals surface area (Å²) in [6.07, 6.45) is -0.801. The van der Waals surface area contributed by atoms with Gasteiger partial charge in [0.05, 0.1) is 6.10 Å². The number of halogens is 3. The van der Waals surface area contributed by atoms with Gasteiger partial charge in [-0.25, -0.2) is 0 Å². The van der Waals surface area contributed by atoms with Crippen LogP contribution in [0.5, 0.6) is 0 Å². The van der Waals surface area contributed by atoms with Gasteiger partial charge in [-0.2, -0.15) is 0 Å². The van der Waals surface area contributed by atoms with Crippen LogP contribution in [0.2, 0.25) is 15.1 Å². The van der Waals surface area contributed by atoms with Crippen LogP contribution in [0.1, 0.15) is 28.7 Å². The Morgan fingerprint density at radius 2 is 1.71 bits per heavy atom. The molecule has 0 aromatic heterocycles. The zero-order valence-corrected chi connectivity index (χ0v) is 13.8. The molecule has 0 heterocycles. The average molecular weight is 345 g/mol. The number of hydrogen-bond donors (Lipinski definition) is 2. The van der Waals surface area contributed by atoms with Gasteiger partial charge >= 0.3 is 0 Å². The second kappa shape index (κ2) is 6.99. The first-order valence-corrected chi connectivity index (χ1v) is 7.67. The van der Waals surface area contributed by atoms with Crippen LogP contribution in [0.3, 0.4) is 0 Å². The van der Waals surface area contributed by atoms with Gasteiger partial charge in [-0.1, -0.05) is 46.9 Å². The summed E-state index contributed by atoms with van der Waals surface area (Å²) in [5.41, 5.74) is 8.20. The van der Waals surface area contributed by atoms with Gasteiger partial charge in [-0.3, -0.25) is 0 Å². The van der Waals surface area contributed by atoms with Crippen molar-refractivity contribution in [3.63, 3.8) is 0 Å². The van der Waals surface area contributed by atoms with Crippen molar-refractivity contribution in [2.24, 2.45) is 5.73 Å². The molecule has 0 bridgehead atoms. The summed E-state index contributed by atoms with van der Waals surface area (Å²) < 4.78 is 0. The van der Waals surface area contributed by atoms with Gasteiger partial charge in [0, 0.05) is 27.5 Å². The second-order valence-electron chi connectivity index (χ2n) is 4.92. The molecule has 0 saturated carbocycles. The highest BCUT2D eigenvalue weighted by Gasteiger charge is 2.26. The van der Waals surface area contributed by atoms with Gasteiger partial charge in [-0.05, 0) is 47.9 Å². The average Bonchev–Trinajstić information content (AvgIpc) is 2.42. The van der Waals surface area contributed by atoms with Crippen LogP contribution < -0.4 is 5.73 Å². The van der Waals surface area contributed by atoms with Crippen LogP contribution in [0.15, 0.2) is 36.4 Å². The summed E-state index contributed by atoms with van der Waals surface area (Å²) >= 11 is 18.4. The first-order valence-electron chi connectivity index (χ1n) is 6.53. The minimum Gasteiger partial charge on any atom is -0.388 e. The molecule has 0 aliphatic rings. The lowest BCUT2D eigenvalue weighted by Gasteiger charge is -2.25. The Kier molecular flexibility index (Phi) is 5.53. The van der Waals surface area contributed by atoms with E-state index in [4.69, 9.17) is 40.5 Å². The summed E-state index contributed by atoms with van der Waals surface area (Å²) in [5, 5.41) is 12.3. The molecule has 2 aromatic carbocycles. The van der Waals surface area contributed by atoms with Crippen molar-refractivity contribution in [1.82, 2.24) is 0 Å². The first-order chi connectivity index (χ1) is 9.95. The van der Waals surface area contributed by atoms with E-state index < -0.39 is 6.10 Å². The molecule has 2 rings (SSSR count). The van der Waals surface area contributed by atoms with Gasteiger partial charge in [0.2, 0.25) is 0 Å². The Balaban J connectivity index is 2.46. The SMILES string of the molecule is Cc1cc(Cl)ccc1C(O)C(CN)c1c(Cl)cccc1Cl. The third kappa shape index (κ3) is 3.53. The lowest BCUT2D eigenvalue weighted by molar-refractivity contribution is 0.147. The van der Waals surface area contributed by atoms with E-state index in [1.54, 1.807) is 30.3 Å². The van der Waals surface area contributed by atoms with Gasteiger partial charge in [0.15, 0.2) is 0 Å². The van der Waals surface area contributed by atoms with Gasteiger partial charge in [-0.15, -0.1) is 0 Å². The molecular weight excluding hydrogens is 329 g/mol. The summed E-state index contributed by atoms with van der Waals surface area (Å²) in [7, 11) is 0. The molecule has 0 spiro atoms. The Bertz CT molecular complexity index is 625. The Labute approximate surface area is 139 Å². The molecule has 0 amide bonds. The number of nitrogens with two attached hydrogens (primary N) is 1. The number of rotatable bonds is 4. The zero-order valence-electron chi connectivity index (χ0n) is 11.5. The number of benzene rings is 2. The fourth-order valence-electron chi connectivity index (χ4n) is 2.46. The molecule has 0 radical (unpaired) electrons. The number of aryl methyl sites for hydroxylation is 1. The molecule has 0 saturated heterocycles. The van der Waals surface area contributed by atoms with E-state index in [1.165, 1.54) is 0 Å². The molecule has 2 unspecified atom stereocenters. The standard InChI is InChI=1S/C16H16Cl3NO/c1-9-7-10(17)5-6-11(9)16(21)12(8-20)15-13(18)3-2-4-14(15)19/h2-7,12,16,21H,8,20H2,1H3. The number of hydrogen-bond acceptors (Lipinski definition) is 2. The van der Waals surface area contributed by atoms with E-state index in [-0.39, 0.29) is 12.5 Å². The molecular formula is C16H16Cl3NO. The fourth-order valence-corrected chi connectivity index (χ4v) is 3.36. The molecule has 3 N–H and O–H groups in total. The van der Waals surface area contributed by atoms with E-state index in [9.17, 15) is 5.11 Å². The lowest BCUT2D eigenvalue weighted by Crippen LogP contribution is -2.21. The van der Waals surface area contributed by atoms with Crippen LogP contribution in [0, 0.1) is 6.92 Å². The summed E-state index contributed by atoms with van der Waals surface area (Å²) in [5.74, 6) is -0.383. The molecule has 0 aliphatic carbocycles. The van der Waals surface area contributed by atoms with Crippen LogP contribution in [-0.2, 0) is 0 Å². The maximum Gasteiger partial charge on any atom is 0.0874 e. The summed E-state index contributed by atoms with van der Waals surface area (Å²) in [4.78, 5) is 0. The molecule has 21 heavy (non-hydrogen) atoms. The van der Waals surface area contributed by atoms with Gasteiger partial charge in [0.25, 0.3) is 0 Å². The molecule has 2 atom stereocenters. The highest BCUT2D eigenvalue weighted by molar-refractivity contribution is 6.36. The number of aliphatic hydroxyl groups excluding tert-OH is 1. The Hall–Kier alpha value is -0.770. The summed E-state index contributed by atoms with van der Waals surface area (Å²) in [6.45, 7) is 2.12. The van der Waals surface area contributed by atoms with Crippen molar-refractivity contribution >= 4 is 34.8 Å². The molecule has 0 fully saturated rings. The van der Waals surface area contributed by atoms with E-state index in [0.29, 0.717) is 20.6 Å².